The van der Waals surface area contributed by atoms with Gasteiger partial charge in [-0.15, -0.1) is 0 Å². The molecule has 1 aromatic carbocycles. The molecule has 0 radical (unpaired) electrons. The molecule has 0 aliphatic heterocycles. The number of hydrogen-bond donors (Lipinski definition) is 7. The van der Waals surface area contributed by atoms with Gasteiger partial charge in [-0.05, 0) is 18.1 Å². The van der Waals surface area contributed by atoms with E-state index < -0.39 is 54.8 Å². The molecule has 2 unspecified atom stereocenters. The second kappa shape index (κ2) is 11.5. The zero-order chi connectivity index (χ0) is 23.7. The minimum Gasteiger partial charge on any atom is -0.480 e. The van der Waals surface area contributed by atoms with Crippen LogP contribution in [0.3, 0.4) is 0 Å². The van der Waals surface area contributed by atoms with Crippen LogP contribution in [0.15, 0.2) is 30.5 Å². The number of carboxylic acid groups (broad SMARTS) is 1. The smallest absolute Gasteiger partial charge is 0.326 e. The Labute approximate surface area is 183 Å². The minimum absolute atomic E-state index is 0.0399. The molecule has 0 bridgehead atoms. The van der Waals surface area contributed by atoms with Crippen LogP contribution in [0.5, 0.6) is 0 Å². The molecule has 0 aliphatic rings. The number of primary amides is 1. The topological polar surface area (TPSA) is 209 Å². The van der Waals surface area contributed by atoms with Gasteiger partial charge in [-0.25, -0.2) is 4.79 Å². The van der Waals surface area contributed by atoms with Gasteiger partial charge in [0.15, 0.2) is 0 Å². The number of benzene rings is 1. The lowest BCUT2D eigenvalue weighted by molar-refractivity contribution is -0.141. The zero-order valence-electron chi connectivity index (χ0n) is 17.2. The molecule has 9 N–H and O–H groups in total. The lowest BCUT2D eigenvalue weighted by Gasteiger charge is -2.15. The molecule has 0 saturated carbocycles. The number of fused-ring (bicyclic) bond motifs is 1. The highest BCUT2D eigenvalue weighted by atomic mass is 16.4. The average molecular weight is 446 g/mol. The fourth-order valence-corrected chi connectivity index (χ4v) is 2.93. The number of aliphatic carboxylic acids is 1. The van der Waals surface area contributed by atoms with E-state index >= 15 is 0 Å². The van der Waals surface area contributed by atoms with Gasteiger partial charge >= 0.3 is 5.97 Å². The molecular weight excluding hydrogens is 420 g/mol. The first kappa shape index (κ1) is 24.3. The second-order valence-electron chi connectivity index (χ2n) is 7.13. The van der Waals surface area contributed by atoms with Crippen molar-refractivity contribution in [3.8, 4) is 0 Å². The molecule has 0 fully saturated rings. The summed E-state index contributed by atoms with van der Waals surface area (Å²) in [6.45, 7) is -0.909. The maximum absolute atomic E-state index is 12.1. The standard InChI is InChI=1S/C20H26N6O6/c21-13(5-6-16(22)27)19(30)25-9-17(28)24-10-18(29)26-15(20(31)32)7-11-8-23-14-4-2-1-3-12(11)14/h1-4,8,13,15,23H,5-7,9-10,21H2,(H2,22,27)(H,24,28)(H,25,30)(H,26,29)(H,31,32). The Morgan fingerprint density at radius 2 is 1.72 bits per heavy atom. The summed E-state index contributed by atoms with van der Waals surface area (Å²) in [5.41, 5.74) is 12.1. The first-order valence-corrected chi connectivity index (χ1v) is 9.82. The van der Waals surface area contributed by atoms with Crippen molar-refractivity contribution in [1.29, 1.82) is 0 Å². The summed E-state index contributed by atoms with van der Waals surface area (Å²) in [6.07, 6.45) is 1.71. The van der Waals surface area contributed by atoms with Gasteiger partial charge in [0.2, 0.25) is 23.6 Å². The number of para-hydroxylation sites is 1. The quantitative estimate of drug-likeness (QED) is 0.197. The molecule has 2 aromatic rings. The molecule has 32 heavy (non-hydrogen) atoms. The first-order valence-electron chi connectivity index (χ1n) is 9.82. The number of carbonyl (C=O) groups is 5. The van der Waals surface area contributed by atoms with Gasteiger partial charge in [-0.3, -0.25) is 19.2 Å². The number of aromatic nitrogens is 1. The molecule has 1 heterocycles. The molecule has 2 atom stereocenters. The monoisotopic (exact) mass is 446 g/mol. The van der Waals surface area contributed by atoms with Gasteiger partial charge in [0.25, 0.3) is 0 Å². The highest BCUT2D eigenvalue weighted by Crippen LogP contribution is 2.19. The third-order valence-electron chi connectivity index (χ3n) is 4.64. The highest BCUT2D eigenvalue weighted by molar-refractivity contribution is 5.91. The number of hydrogen-bond acceptors (Lipinski definition) is 6. The molecular formula is C20H26N6O6. The van der Waals surface area contributed by atoms with Crippen LogP contribution in [0.25, 0.3) is 10.9 Å². The van der Waals surface area contributed by atoms with Crippen LogP contribution in [0.1, 0.15) is 18.4 Å². The van der Waals surface area contributed by atoms with Crippen molar-refractivity contribution >= 4 is 40.5 Å². The lowest BCUT2D eigenvalue weighted by atomic mass is 10.1. The van der Waals surface area contributed by atoms with Crippen molar-refractivity contribution in [2.24, 2.45) is 11.5 Å². The summed E-state index contributed by atoms with van der Waals surface area (Å²) in [5.74, 6) is -3.82. The van der Waals surface area contributed by atoms with E-state index in [0.29, 0.717) is 0 Å². The second-order valence-corrected chi connectivity index (χ2v) is 7.13. The van der Waals surface area contributed by atoms with Crippen molar-refractivity contribution in [3.63, 3.8) is 0 Å². The molecule has 0 spiro atoms. The van der Waals surface area contributed by atoms with Gasteiger partial charge in [0.1, 0.15) is 6.04 Å². The first-order chi connectivity index (χ1) is 15.2. The zero-order valence-corrected chi connectivity index (χ0v) is 17.2. The van der Waals surface area contributed by atoms with E-state index in [9.17, 15) is 29.1 Å². The average Bonchev–Trinajstić information content (AvgIpc) is 3.16. The summed E-state index contributed by atoms with van der Waals surface area (Å²) >= 11 is 0. The summed E-state index contributed by atoms with van der Waals surface area (Å²) < 4.78 is 0. The summed E-state index contributed by atoms with van der Waals surface area (Å²) in [4.78, 5) is 61.0. The van der Waals surface area contributed by atoms with E-state index in [1.807, 2.05) is 24.3 Å². The van der Waals surface area contributed by atoms with Crippen LogP contribution in [0.2, 0.25) is 0 Å². The van der Waals surface area contributed by atoms with Crippen molar-refractivity contribution in [2.75, 3.05) is 13.1 Å². The summed E-state index contributed by atoms with van der Waals surface area (Å²) in [6, 6.07) is 5.18. The summed E-state index contributed by atoms with van der Waals surface area (Å²) in [7, 11) is 0. The molecule has 172 valence electrons. The third kappa shape index (κ3) is 7.40. The Morgan fingerprint density at radius 1 is 1.03 bits per heavy atom. The molecule has 0 aliphatic carbocycles. The van der Waals surface area contributed by atoms with Gasteiger partial charge in [0, 0.05) is 29.9 Å². The third-order valence-corrected chi connectivity index (χ3v) is 4.64. The maximum Gasteiger partial charge on any atom is 0.326 e. The van der Waals surface area contributed by atoms with E-state index in [1.165, 1.54) is 0 Å². The van der Waals surface area contributed by atoms with Crippen LogP contribution < -0.4 is 27.4 Å². The Hall–Kier alpha value is -3.93. The Bertz CT molecular complexity index is 1000. The number of carboxylic acids is 1. The predicted molar refractivity (Wildman–Crippen MR) is 114 cm³/mol. The molecule has 12 nitrogen and oxygen atoms in total. The maximum atomic E-state index is 12.1. The fraction of sp³-hybridized carbons (Fsp3) is 0.350. The molecule has 12 heteroatoms. The molecule has 2 rings (SSSR count). The number of H-pyrrole nitrogens is 1. The van der Waals surface area contributed by atoms with Crippen molar-refractivity contribution in [1.82, 2.24) is 20.9 Å². The number of rotatable bonds is 12. The van der Waals surface area contributed by atoms with Crippen LogP contribution in [0.4, 0.5) is 0 Å². The Balaban J connectivity index is 1.78. The highest BCUT2D eigenvalue weighted by Gasteiger charge is 2.22. The van der Waals surface area contributed by atoms with Gasteiger partial charge in [-0.1, -0.05) is 18.2 Å². The van der Waals surface area contributed by atoms with Crippen LogP contribution in [-0.4, -0.2) is 64.9 Å². The summed E-state index contributed by atoms with van der Waals surface area (Å²) in [5, 5.41) is 17.2. The fourth-order valence-electron chi connectivity index (χ4n) is 2.93. The van der Waals surface area contributed by atoms with Crippen molar-refractivity contribution < 1.29 is 29.1 Å². The van der Waals surface area contributed by atoms with E-state index in [4.69, 9.17) is 11.5 Å². The van der Waals surface area contributed by atoms with Crippen LogP contribution in [-0.2, 0) is 30.4 Å². The Kier molecular flexibility index (Phi) is 8.72. The number of carbonyl (C=O) groups excluding carboxylic acids is 4. The largest absolute Gasteiger partial charge is 0.480 e. The predicted octanol–water partition coefficient (Wildman–Crippen LogP) is -1.89. The number of nitrogens with one attached hydrogen (secondary N) is 4. The van der Waals surface area contributed by atoms with Crippen molar-refractivity contribution in [2.45, 2.75) is 31.3 Å². The van der Waals surface area contributed by atoms with Gasteiger partial charge in [0.05, 0.1) is 19.1 Å². The van der Waals surface area contributed by atoms with E-state index in [-0.39, 0.29) is 19.3 Å². The number of amides is 4. The van der Waals surface area contributed by atoms with Crippen LogP contribution in [0, 0.1) is 0 Å². The SMILES string of the molecule is NC(=O)CCC(N)C(=O)NCC(=O)NCC(=O)NC(Cc1c[nH]c2ccccc12)C(=O)O. The molecule has 1 aromatic heterocycles. The Morgan fingerprint density at radius 3 is 2.41 bits per heavy atom. The molecule has 0 saturated heterocycles. The van der Waals surface area contributed by atoms with Crippen LogP contribution >= 0.6 is 0 Å². The van der Waals surface area contributed by atoms with Gasteiger partial charge in [-0.2, -0.15) is 0 Å². The van der Waals surface area contributed by atoms with E-state index in [2.05, 4.69) is 20.9 Å². The number of nitrogens with two attached hydrogens (primary N) is 2. The van der Waals surface area contributed by atoms with E-state index in [0.717, 1.165) is 16.5 Å². The minimum atomic E-state index is -1.22. The van der Waals surface area contributed by atoms with Gasteiger partial charge < -0.3 is 37.5 Å². The normalized spacial score (nSPS) is 12.5. The van der Waals surface area contributed by atoms with E-state index in [1.54, 1.807) is 6.20 Å². The van der Waals surface area contributed by atoms with Crippen molar-refractivity contribution in [3.05, 3.63) is 36.0 Å². The number of aromatic amines is 1. The lowest BCUT2D eigenvalue weighted by Crippen LogP contribution is -2.49. The molecule has 4 amide bonds.